The van der Waals surface area contributed by atoms with Gasteiger partial charge in [0, 0.05) is 43.3 Å². The van der Waals surface area contributed by atoms with Crippen molar-refractivity contribution in [2.24, 2.45) is 5.11 Å². The minimum Gasteiger partial charge on any atom is -0.390 e. The lowest BCUT2D eigenvalue weighted by molar-refractivity contribution is -0.121. The predicted octanol–water partition coefficient (Wildman–Crippen LogP) is 2.68. The minimum absolute atomic E-state index is 0.0480. The van der Waals surface area contributed by atoms with Gasteiger partial charge in [0.2, 0.25) is 5.91 Å². The van der Waals surface area contributed by atoms with E-state index in [9.17, 15) is 9.59 Å². The van der Waals surface area contributed by atoms with Gasteiger partial charge in [-0.05, 0) is 30.9 Å². The number of amides is 1. The molecule has 0 radical (unpaired) electrons. The molecule has 132 valence electrons. The summed E-state index contributed by atoms with van der Waals surface area (Å²) in [6, 6.07) is 7.53. The molecule has 24 heavy (non-hydrogen) atoms. The fourth-order valence-electron chi connectivity index (χ4n) is 2.13. The predicted molar refractivity (Wildman–Crippen MR) is 92.6 cm³/mol. The fraction of sp³-hybridized carbons (Fsp3) is 0.533. The van der Waals surface area contributed by atoms with Crippen molar-refractivity contribution in [2.45, 2.75) is 32.2 Å². The van der Waals surface area contributed by atoms with Gasteiger partial charge in [-0.3, -0.25) is 4.79 Å². The van der Waals surface area contributed by atoms with Crippen LogP contribution < -0.4 is 5.32 Å². The summed E-state index contributed by atoms with van der Waals surface area (Å²) in [4.78, 5) is 24.6. The van der Waals surface area contributed by atoms with E-state index in [2.05, 4.69) is 15.3 Å². The van der Waals surface area contributed by atoms with Crippen LogP contribution in [0, 0.1) is 0 Å². The van der Waals surface area contributed by atoms with Crippen molar-refractivity contribution < 1.29 is 18.4 Å². The molecule has 1 amide bonds. The lowest BCUT2D eigenvalue weighted by Crippen LogP contribution is -2.42. The first-order valence-corrected chi connectivity index (χ1v) is 9.82. The minimum atomic E-state index is -3.06. The van der Waals surface area contributed by atoms with Crippen molar-refractivity contribution in [3.05, 3.63) is 40.3 Å². The molecule has 0 saturated heterocycles. The van der Waals surface area contributed by atoms with Gasteiger partial charge < -0.3 is 19.0 Å². The number of hydrogen-bond acceptors (Lipinski definition) is 5. The molecule has 0 fully saturated rings. The molecule has 1 aromatic rings. The molecular weight excluding hydrogens is 328 g/mol. The van der Waals surface area contributed by atoms with Crippen molar-refractivity contribution in [1.82, 2.24) is 5.32 Å². The molecule has 0 heterocycles. The first kappa shape index (κ1) is 20.1. The summed E-state index contributed by atoms with van der Waals surface area (Å²) in [7, 11) is -1.63. The van der Waals surface area contributed by atoms with Crippen LogP contribution in [0.4, 0.5) is 5.69 Å². The Morgan fingerprint density at radius 3 is 2.71 bits per heavy atom. The highest BCUT2D eigenvalue weighted by Gasteiger charge is 2.34. The molecule has 0 aliphatic carbocycles. The molecule has 1 rings (SSSR count). The van der Waals surface area contributed by atoms with E-state index in [-0.39, 0.29) is 5.91 Å². The Hall–Kier alpha value is -1.90. The van der Waals surface area contributed by atoms with E-state index in [1.54, 1.807) is 19.1 Å². The Morgan fingerprint density at radius 1 is 1.42 bits per heavy atom. The van der Waals surface area contributed by atoms with Gasteiger partial charge in [0.25, 0.3) is 0 Å². The van der Waals surface area contributed by atoms with Gasteiger partial charge in [0.05, 0.1) is 0 Å². The first-order valence-electron chi connectivity index (χ1n) is 7.85. The smallest absolute Gasteiger partial charge is 0.390 e. The van der Waals surface area contributed by atoms with Crippen LogP contribution in [-0.4, -0.2) is 39.8 Å². The van der Waals surface area contributed by atoms with E-state index in [4.69, 9.17) is 14.4 Å². The Morgan fingerprint density at radius 2 is 2.12 bits per heavy atom. The van der Waals surface area contributed by atoms with Gasteiger partial charge in [-0.25, -0.2) is 0 Å². The van der Waals surface area contributed by atoms with Gasteiger partial charge in [-0.1, -0.05) is 29.4 Å². The highest BCUT2D eigenvalue weighted by atomic mass is 28.4. The number of nitrogens with one attached hydrogen (secondary N) is 1. The number of benzene rings is 1. The molecule has 0 aromatic heterocycles. The number of carbonyl (C=O) groups is 1. The third kappa shape index (κ3) is 7.58. The van der Waals surface area contributed by atoms with Gasteiger partial charge in [0.15, 0.2) is 0 Å². The molecule has 0 bridgehead atoms. The van der Waals surface area contributed by atoms with Crippen LogP contribution in [0.2, 0.25) is 6.04 Å². The van der Waals surface area contributed by atoms with Crippen LogP contribution in [0.3, 0.4) is 0 Å². The third-order valence-corrected chi connectivity index (χ3v) is 5.78. The van der Waals surface area contributed by atoms with E-state index in [1.165, 1.54) is 7.11 Å². The van der Waals surface area contributed by atoms with Crippen molar-refractivity contribution in [3.63, 3.8) is 0 Å². The van der Waals surface area contributed by atoms with Crippen LogP contribution >= 0.6 is 0 Å². The molecule has 0 spiro atoms. The number of aryl methyl sites for hydroxylation is 1. The molecule has 1 unspecified atom stereocenters. The fourth-order valence-corrected chi connectivity index (χ4v) is 3.67. The van der Waals surface area contributed by atoms with Crippen molar-refractivity contribution in [3.8, 4) is 0 Å². The quantitative estimate of drug-likeness (QED) is 0.209. The van der Waals surface area contributed by atoms with Crippen LogP contribution in [0.15, 0.2) is 29.4 Å². The first-order chi connectivity index (χ1) is 11.5. The summed E-state index contributed by atoms with van der Waals surface area (Å²) in [6.07, 6.45) is 1.58. The highest BCUT2D eigenvalue weighted by Crippen LogP contribution is 2.14. The second-order valence-electron chi connectivity index (χ2n) is 5.16. The number of rotatable bonds is 11. The largest absolute Gasteiger partial charge is 0.498 e. The number of carbonyl (C=O) groups excluding carboxylic acids is 1. The van der Waals surface area contributed by atoms with E-state index in [1.807, 2.05) is 12.1 Å². The number of azide groups is 1. The standard InChI is InChI=1S/C15H24N4O4Si/c1-3-23-24(21,22-2)12-4-11-17-15(20)10-7-13-5-8-14(9-6-13)18-19-16/h5-6,8-9,21H,3-4,7,10-12H2,1-2H3,(H,17,20). The average molecular weight is 352 g/mol. The lowest BCUT2D eigenvalue weighted by atomic mass is 10.1. The summed E-state index contributed by atoms with van der Waals surface area (Å²) >= 11 is 0. The zero-order valence-corrected chi connectivity index (χ0v) is 15.1. The van der Waals surface area contributed by atoms with E-state index in [0.717, 1.165) is 5.56 Å². The summed E-state index contributed by atoms with van der Waals surface area (Å²) in [5.74, 6) is -0.0480. The molecule has 1 aromatic carbocycles. The van der Waals surface area contributed by atoms with Crippen molar-refractivity contribution >= 4 is 20.4 Å². The second kappa shape index (κ2) is 10.8. The highest BCUT2D eigenvalue weighted by molar-refractivity contribution is 6.59. The zero-order valence-electron chi connectivity index (χ0n) is 14.1. The summed E-state index contributed by atoms with van der Waals surface area (Å²) in [5.41, 5.74) is 9.89. The number of nitrogens with zero attached hydrogens (tertiary/aromatic N) is 3. The molecule has 2 N–H and O–H groups in total. The molecule has 8 nitrogen and oxygen atoms in total. The summed E-state index contributed by atoms with van der Waals surface area (Å²) in [6.45, 7) is 2.68. The normalized spacial score (nSPS) is 13.0. The second-order valence-corrected chi connectivity index (χ2v) is 7.78. The Kier molecular flexibility index (Phi) is 9.06. The molecule has 9 heteroatoms. The number of hydrogen-bond donors (Lipinski definition) is 2. The average Bonchev–Trinajstić information content (AvgIpc) is 2.59. The maximum absolute atomic E-state index is 11.8. The molecule has 0 aliphatic rings. The Bertz CT molecular complexity index is 563. The van der Waals surface area contributed by atoms with E-state index in [0.29, 0.717) is 44.1 Å². The van der Waals surface area contributed by atoms with Crippen LogP contribution in [0.5, 0.6) is 0 Å². The molecule has 1 atom stereocenters. The van der Waals surface area contributed by atoms with Crippen LogP contribution in [0.25, 0.3) is 10.4 Å². The zero-order chi connectivity index (χ0) is 17.8. The van der Waals surface area contributed by atoms with Gasteiger partial charge in [-0.2, -0.15) is 0 Å². The summed E-state index contributed by atoms with van der Waals surface area (Å²) < 4.78 is 10.3. The van der Waals surface area contributed by atoms with E-state index >= 15 is 0 Å². The lowest BCUT2D eigenvalue weighted by Gasteiger charge is -2.21. The topological polar surface area (TPSA) is 117 Å². The van der Waals surface area contributed by atoms with Gasteiger partial charge >= 0.3 is 8.80 Å². The van der Waals surface area contributed by atoms with Crippen LogP contribution in [-0.2, 0) is 20.1 Å². The van der Waals surface area contributed by atoms with Crippen LogP contribution in [0.1, 0.15) is 25.3 Å². The monoisotopic (exact) mass is 352 g/mol. The van der Waals surface area contributed by atoms with Crippen molar-refractivity contribution in [1.29, 1.82) is 0 Å². The SMILES string of the molecule is CCO[Si](O)(CCCNC(=O)CCc1ccc(N=[N+]=[N-])cc1)OC. The van der Waals surface area contributed by atoms with E-state index < -0.39 is 8.80 Å². The third-order valence-electron chi connectivity index (χ3n) is 3.42. The molecule has 0 aliphatic heterocycles. The maximum atomic E-state index is 11.8. The van der Waals surface area contributed by atoms with Crippen molar-refractivity contribution in [2.75, 3.05) is 20.3 Å². The Labute approximate surface area is 142 Å². The maximum Gasteiger partial charge on any atom is 0.498 e. The summed E-state index contributed by atoms with van der Waals surface area (Å²) in [5, 5.41) is 6.31. The molecule has 0 saturated carbocycles. The molecular formula is C15H24N4O4Si. The van der Waals surface area contributed by atoms with Gasteiger partial charge in [-0.15, -0.1) is 0 Å². The Balaban J connectivity index is 2.25. The van der Waals surface area contributed by atoms with Gasteiger partial charge in [0.1, 0.15) is 0 Å².